The van der Waals surface area contributed by atoms with Gasteiger partial charge in [-0.3, -0.25) is 4.79 Å². The zero-order valence-corrected chi connectivity index (χ0v) is 14.3. The fourth-order valence-electron chi connectivity index (χ4n) is 2.21. The number of amides is 1. The van der Waals surface area contributed by atoms with Crippen LogP contribution in [0.3, 0.4) is 0 Å². The Kier molecular flexibility index (Phi) is 6.72. The maximum Gasteiger partial charge on any atom is 0.331 e. The van der Waals surface area contributed by atoms with Crippen molar-refractivity contribution >= 4 is 17.6 Å². The molecule has 128 valence electrons. The van der Waals surface area contributed by atoms with Crippen molar-refractivity contribution in [2.45, 2.75) is 20.0 Å². The molecule has 1 amide bonds. The van der Waals surface area contributed by atoms with E-state index in [2.05, 4.69) is 5.32 Å². The van der Waals surface area contributed by atoms with Crippen molar-refractivity contribution in [1.29, 1.82) is 0 Å². The van der Waals surface area contributed by atoms with Crippen molar-refractivity contribution in [2.75, 3.05) is 5.32 Å². The molecule has 1 N–H and O–H groups in total. The third-order valence-corrected chi connectivity index (χ3v) is 3.47. The monoisotopic (exact) mass is 335 g/mol. The maximum atomic E-state index is 12.3. The summed E-state index contributed by atoms with van der Waals surface area (Å²) in [6.07, 6.45) is 5.45. The zero-order chi connectivity index (χ0) is 18.1. The Morgan fingerprint density at radius 1 is 1.00 bits per heavy atom. The lowest BCUT2D eigenvalue weighted by Crippen LogP contribution is -2.29. The number of carbonyl (C=O) groups excluding carboxylic acids is 2. The molecule has 1 atom stereocenters. The van der Waals surface area contributed by atoms with Crippen LogP contribution in [-0.2, 0) is 14.3 Å². The molecule has 0 fully saturated rings. The SMILES string of the molecule is C/C=C/C=C/C(=O)O[C@H](C)C(=O)Nc1ccccc1-c1ccccc1. The topological polar surface area (TPSA) is 55.4 Å². The van der Waals surface area contributed by atoms with Gasteiger partial charge in [0.1, 0.15) is 0 Å². The van der Waals surface area contributed by atoms with E-state index >= 15 is 0 Å². The molecule has 0 aliphatic heterocycles. The lowest BCUT2D eigenvalue weighted by molar-refractivity contribution is -0.148. The molecule has 4 heteroatoms. The summed E-state index contributed by atoms with van der Waals surface area (Å²) in [5.41, 5.74) is 2.58. The van der Waals surface area contributed by atoms with Gasteiger partial charge in [0.15, 0.2) is 6.10 Å². The average Bonchev–Trinajstić information content (AvgIpc) is 2.63. The first-order valence-electron chi connectivity index (χ1n) is 8.07. The molecule has 2 aromatic rings. The third-order valence-electron chi connectivity index (χ3n) is 3.47. The number of nitrogens with one attached hydrogen (secondary N) is 1. The first-order chi connectivity index (χ1) is 12.1. The highest BCUT2D eigenvalue weighted by molar-refractivity contribution is 5.99. The smallest absolute Gasteiger partial charge is 0.331 e. The van der Waals surface area contributed by atoms with Crippen molar-refractivity contribution in [3.05, 3.63) is 78.9 Å². The van der Waals surface area contributed by atoms with Gasteiger partial charge in [0, 0.05) is 17.3 Å². The van der Waals surface area contributed by atoms with Crippen LogP contribution in [0.15, 0.2) is 78.9 Å². The molecular formula is C21H21NO3. The minimum absolute atomic E-state index is 0.379. The van der Waals surface area contributed by atoms with Gasteiger partial charge in [0.2, 0.25) is 0 Å². The highest BCUT2D eigenvalue weighted by atomic mass is 16.5. The Hall–Kier alpha value is -3.14. The summed E-state index contributed by atoms with van der Waals surface area (Å²) in [4.78, 5) is 24.0. The molecule has 0 heterocycles. The van der Waals surface area contributed by atoms with Gasteiger partial charge in [-0.15, -0.1) is 0 Å². The average molecular weight is 335 g/mol. The van der Waals surface area contributed by atoms with Gasteiger partial charge >= 0.3 is 5.97 Å². The number of benzene rings is 2. The number of para-hydroxylation sites is 1. The predicted octanol–water partition coefficient (Wildman–Crippen LogP) is 4.36. The van der Waals surface area contributed by atoms with Gasteiger partial charge in [-0.1, -0.05) is 66.8 Å². The van der Waals surface area contributed by atoms with Gasteiger partial charge in [0.25, 0.3) is 5.91 Å². The molecule has 0 aromatic heterocycles. The molecule has 4 nitrogen and oxygen atoms in total. The van der Waals surface area contributed by atoms with E-state index in [0.29, 0.717) is 5.69 Å². The van der Waals surface area contributed by atoms with E-state index in [0.717, 1.165) is 11.1 Å². The van der Waals surface area contributed by atoms with Gasteiger partial charge in [-0.05, 0) is 25.5 Å². The summed E-state index contributed by atoms with van der Waals surface area (Å²) in [7, 11) is 0. The molecule has 0 saturated heterocycles. The molecule has 2 aromatic carbocycles. The number of carbonyl (C=O) groups is 2. The van der Waals surface area contributed by atoms with Crippen molar-refractivity contribution < 1.29 is 14.3 Å². The van der Waals surface area contributed by atoms with Crippen LogP contribution >= 0.6 is 0 Å². The fraction of sp³-hybridized carbons (Fsp3) is 0.143. The number of esters is 1. The lowest BCUT2D eigenvalue weighted by Gasteiger charge is -2.15. The molecule has 2 rings (SSSR count). The highest BCUT2D eigenvalue weighted by Crippen LogP contribution is 2.27. The van der Waals surface area contributed by atoms with Gasteiger partial charge < -0.3 is 10.1 Å². The van der Waals surface area contributed by atoms with Crippen LogP contribution in [0.1, 0.15) is 13.8 Å². The molecule has 0 spiro atoms. The molecule has 0 radical (unpaired) electrons. The van der Waals surface area contributed by atoms with E-state index in [1.54, 1.807) is 25.2 Å². The summed E-state index contributed by atoms with van der Waals surface area (Å²) in [6, 6.07) is 17.3. The van der Waals surface area contributed by atoms with Crippen LogP contribution in [0.2, 0.25) is 0 Å². The van der Waals surface area contributed by atoms with E-state index in [4.69, 9.17) is 4.74 Å². The van der Waals surface area contributed by atoms with Crippen LogP contribution in [0.4, 0.5) is 5.69 Å². The Morgan fingerprint density at radius 3 is 2.40 bits per heavy atom. The molecule has 0 aliphatic rings. The van der Waals surface area contributed by atoms with Crippen LogP contribution in [0, 0.1) is 0 Å². The summed E-state index contributed by atoms with van der Waals surface area (Å²) >= 11 is 0. The predicted molar refractivity (Wildman–Crippen MR) is 100 cm³/mol. The maximum absolute atomic E-state index is 12.3. The zero-order valence-electron chi connectivity index (χ0n) is 14.3. The standard InChI is InChI=1S/C21H21NO3/c1-3-4-6-15-20(23)25-16(2)21(24)22-19-14-10-9-13-18(19)17-11-7-5-8-12-17/h3-16H,1-2H3,(H,22,24)/b4-3+,15-6+/t16-/m1/s1. The molecule has 25 heavy (non-hydrogen) atoms. The van der Waals surface area contributed by atoms with E-state index in [9.17, 15) is 9.59 Å². The highest BCUT2D eigenvalue weighted by Gasteiger charge is 2.18. The van der Waals surface area contributed by atoms with E-state index < -0.39 is 12.1 Å². The Balaban J connectivity index is 2.07. The normalized spacial score (nSPS) is 12.2. The number of hydrogen-bond acceptors (Lipinski definition) is 3. The molecule has 0 unspecified atom stereocenters. The first kappa shape index (κ1) is 18.2. The first-order valence-corrected chi connectivity index (χ1v) is 8.07. The summed E-state index contributed by atoms with van der Waals surface area (Å²) in [5.74, 6) is -0.937. The molecule has 0 saturated carbocycles. The minimum atomic E-state index is -0.897. The second-order valence-corrected chi connectivity index (χ2v) is 5.36. The Morgan fingerprint density at radius 2 is 1.68 bits per heavy atom. The van der Waals surface area contributed by atoms with Crippen LogP contribution in [-0.4, -0.2) is 18.0 Å². The van der Waals surface area contributed by atoms with Crippen LogP contribution in [0.5, 0.6) is 0 Å². The lowest BCUT2D eigenvalue weighted by atomic mass is 10.0. The number of anilines is 1. The second-order valence-electron chi connectivity index (χ2n) is 5.36. The summed E-state index contributed by atoms with van der Waals surface area (Å²) in [5, 5.41) is 2.83. The largest absolute Gasteiger partial charge is 0.449 e. The van der Waals surface area contributed by atoms with Gasteiger partial charge in [-0.25, -0.2) is 4.79 Å². The number of hydrogen-bond donors (Lipinski definition) is 1. The van der Waals surface area contributed by atoms with Crippen LogP contribution in [0.25, 0.3) is 11.1 Å². The van der Waals surface area contributed by atoms with Crippen LogP contribution < -0.4 is 5.32 Å². The van der Waals surface area contributed by atoms with Crippen molar-refractivity contribution in [3.8, 4) is 11.1 Å². The minimum Gasteiger partial charge on any atom is -0.449 e. The number of allylic oxidation sites excluding steroid dienone is 3. The Bertz CT molecular complexity index is 779. The number of rotatable bonds is 6. The second kappa shape index (κ2) is 9.23. The van der Waals surface area contributed by atoms with E-state index in [1.807, 2.05) is 61.5 Å². The van der Waals surface area contributed by atoms with E-state index in [1.165, 1.54) is 6.08 Å². The molecule has 0 aliphatic carbocycles. The fourth-order valence-corrected chi connectivity index (χ4v) is 2.21. The Labute approximate surface area is 147 Å². The molecular weight excluding hydrogens is 314 g/mol. The van der Waals surface area contributed by atoms with Crippen molar-refractivity contribution in [3.63, 3.8) is 0 Å². The van der Waals surface area contributed by atoms with Crippen molar-refractivity contribution in [2.24, 2.45) is 0 Å². The third kappa shape index (κ3) is 5.46. The quantitative estimate of drug-likeness (QED) is 0.485. The van der Waals surface area contributed by atoms with Crippen molar-refractivity contribution in [1.82, 2.24) is 0 Å². The summed E-state index contributed by atoms with van der Waals surface area (Å²) < 4.78 is 5.10. The van der Waals surface area contributed by atoms with Gasteiger partial charge in [-0.2, -0.15) is 0 Å². The molecule has 0 bridgehead atoms. The van der Waals surface area contributed by atoms with E-state index in [-0.39, 0.29) is 5.91 Å². The number of ether oxygens (including phenoxy) is 1. The summed E-state index contributed by atoms with van der Waals surface area (Å²) in [6.45, 7) is 3.39. The van der Waals surface area contributed by atoms with Gasteiger partial charge in [0.05, 0.1) is 0 Å².